The topological polar surface area (TPSA) is 314 Å². The number of methoxy groups -OCH3 is 1. The van der Waals surface area contributed by atoms with E-state index in [1.807, 2.05) is 13.8 Å². The fourth-order valence-electron chi connectivity index (χ4n) is 5.73. The van der Waals surface area contributed by atoms with Crippen molar-refractivity contribution in [1.82, 2.24) is 69.5 Å². The number of Topliss-reactive ketones (excluding diaryl/α,β-unsaturated/α-hetero) is 1. The zero-order chi connectivity index (χ0) is 42.5. The number of nitrogens with zero attached hydrogens (tertiary/aromatic N) is 18. The maximum atomic E-state index is 12.7. The molecule has 0 saturated carbocycles. The summed E-state index contributed by atoms with van der Waals surface area (Å²) in [4.78, 5) is 34.3. The van der Waals surface area contributed by atoms with Gasteiger partial charge in [-0.3, -0.25) is 4.79 Å². The second-order valence-corrected chi connectivity index (χ2v) is 15.2. The second kappa shape index (κ2) is 17.8. The minimum atomic E-state index is -0.764. The molecule has 60 heavy (non-hydrogen) atoms. The van der Waals surface area contributed by atoms with Crippen LogP contribution in [0.1, 0.15) is 81.6 Å². The highest BCUT2D eigenvalue weighted by Crippen LogP contribution is 2.36. The molecule has 0 fully saturated rings. The van der Waals surface area contributed by atoms with Crippen molar-refractivity contribution in [3.63, 3.8) is 0 Å². The van der Waals surface area contributed by atoms with Gasteiger partial charge in [-0.1, -0.05) is 49.4 Å². The van der Waals surface area contributed by atoms with Crippen molar-refractivity contribution in [1.29, 1.82) is 0 Å². The Morgan fingerprint density at radius 3 is 1.65 bits per heavy atom. The number of azo groups is 2. The van der Waals surface area contributed by atoms with Gasteiger partial charge in [0.05, 0.1) is 36.5 Å². The number of aliphatic hydroxyl groups excluding tert-OH is 1. The number of aromatic nitrogens is 14. The average molecular weight is 855 g/mol. The average Bonchev–Trinajstić information content (AvgIpc) is 4.12. The summed E-state index contributed by atoms with van der Waals surface area (Å²) in [5, 5.41) is 64.0. The number of nitrogen functional groups attached to an aromatic ring is 2. The summed E-state index contributed by atoms with van der Waals surface area (Å²) in [6, 6.07) is 1.59. The van der Waals surface area contributed by atoms with E-state index in [0.29, 0.717) is 44.5 Å². The van der Waals surface area contributed by atoms with E-state index in [2.05, 4.69) is 61.0 Å². The van der Waals surface area contributed by atoms with E-state index in [0.717, 1.165) is 25.7 Å². The number of aliphatic hydroxyl groups is 1. The molecule has 0 spiro atoms. The second-order valence-electron chi connectivity index (χ2n) is 12.9. The molecule has 26 heteroatoms. The van der Waals surface area contributed by atoms with Crippen molar-refractivity contribution in [2.24, 2.45) is 20.5 Å². The van der Waals surface area contributed by atoms with Gasteiger partial charge >= 0.3 is 5.97 Å². The minimum absolute atomic E-state index is 0.0328. The van der Waals surface area contributed by atoms with Gasteiger partial charge < -0.3 is 21.3 Å². The number of carbonyl (C=O) groups is 2. The molecule has 0 bridgehead atoms. The van der Waals surface area contributed by atoms with E-state index in [4.69, 9.17) is 26.4 Å². The molecule has 0 aliphatic rings. The van der Waals surface area contributed by atoms with Crippen molar-refractivity contribution in [2.45, 2.75) is 66.2 Å². The molecule has 5 N–H and O–H groups in total. The largest absolute Gasteiger partial charge is 0.465 e. The quantitative estimate of drug-likeness (QED) is 0.0603. The summed E-state index contributed by atoms with van der Waals surface area (Å²) >= 11 is 2.49. The van der Waals surface area contributed by atoms with Crippen molar-refractivity contribution in [2.75, 3.05) is 25.2 Å². The lowest BCUT2D eigenvalue weighted by Gasteiger charge is -2.06. The number of anilines is 2. The molecule has 310 valence electrons. The highest BCUT2D eigenvalue weighted by molar-refractivity contribution is 7.13. The molecule has 0 aliphatic heterocycles. The Morgan fingerprint density at radius 1 is 0.733 bits per heavy atom. The zero-order valence-electron chi connectivity index (χ0n) is 33.0. The maximum Gasteiger partial charge on any atom is 0.343 e. The van der Waals surface area contributed by atoms with Gasteiger partial charge in [0.15, 0.2) is 52.1 Å². The first-order chi connectivity index (χ1) is 29.1. The zero-order valence-corrected chi connectivity index (χ0v) is 34.6. The van der Waals surface area contributed by atoms with Crippen LogP contribution in [0.15, 0.2) is 45.2 Å². The predicted molar refractivity (Wildman–Crippen MR) is 217 cm³/mol. The molecule has 7 rings (SSSR count). The van der Waals surface area contributed by atoms with Gasteiger partial charge in [0.2, 0.25) is 10.3 Å². The number of ketones is 1. The van der Waals surface area contributed by atoms with Gasteiger partial charge in [-0.2, -0.15) is 39.1 Å². The Hall–Kier alpha value is -7.06. The van der Waals surface area contributed by atoms with Crippen LogP contribution in [0, 0.1) is 13.8 Å². The number of esters is 1. The first-order valence-corrected chi connectivity index (χ1v) is 20.1. The summed E-state index contributed by atoms with van der Waals surface area (Å²) in [6.07, 6.45) is 8.15. The van der Waals surface area contributed by atoms with Crippen molar-refractivity contribution in [3.05, 3.63) is 57.3 Å². The molecule has 7 heterocycles. The lowest BCUT2D eigenvalue weighted by molar-refractivity contribution is 0.0601. The lowest BCUT2D eigenvalue weighted by Crippen LogP contribution is -2.09. The SMILES string of the molecule is CCCCc1nn(-c2cc(-n3nc(CCCC)c(N=Nc4c(C(=O)OC)cnn4-c4nnc(C)s4)c3N)ncn2)c(N)c1N=Nc1c(C(=O)CO)cnn1-c1nnc(C)s1. The summed E-state index contributed by atoms with van der Waals surface area (Å²) in [6.45, 7) is 6.89. The van der Waals surface area contributed by atoms with Crippen LogP contribution in [0.25, 0.3) is 21.9 Å². The van der Waals surface area contributed by atoms with Crippen molar-refractivity contribution >= 4 is 69.1 Å². The summed E-state index contributed by atoms with van der Waals surface area (Å²) < 4.78 is 10.4. The molecule has 7 aromatic heterocycles. The van der Waals surface area contributed by atoms with Crippen LogP contribution in [0.2, 0.25) is 0 Å². The number of rotatable bonds is 17. The number of aryl methyl sites for hydroxylation is 4. The Morgan fingerprint density at radius 2 is 1.22 bits per heavy atom. The van der Waals surface area contributed by atoms with E-state index >= 15 is 0 Å². The maximum absolute atomic E-state index is 12.7. The lowest BCUT2D eigenvalue weighted by atomic mass is 10.2. The molecule has 7 aromatic rings. The van der Waals surface area contributed by atoms with Crippen LogP contribution in [0.5, 0.6) is 0 Å². The first-order valence-electron chi connectivity index (χ1n) is 18.5. The van der Waals surface area contributed by atoms with Gasteiger partial charge in [0.25, 0.3) is 0 Å². The minimum Gasteiger partial charge on any atom is -0.465 e. The number of hydrogen-bond donors (Lipinski definition) is 3. The van der Waals surface area contributed by atoms with Gasteiger partial charge in [0, 0.05) is 6.07 Å². The third-order valence-electron chi connectivity index (χ3n) is 8.76. The molecule has 0 aromatic carbocycles. The third-order valence-corrected chi connectivity index (χ3v) is 10.4. The van der Waals surface area contributed by atoms with Crippen LogP contribution in [0.3, 0.4) is 0 Å². The van der Waals surface area contributed by atoms with E-state index in [9.17, 15) is 14.7 Å². The van der Waals surface area contributed by atoms with E-state index in [1.54, 1.807) is 19.9 Å². The van der Waals surface area contributed by atoms with E-state index in [1.165, 1.54) is 67.2 Å². The smallest absolute Gasteiger partial charge is 0.343 e. The van der Waals surface area contributed by atoms with Gasteiger partial charge in [-0.15, -0.1) is 40.9 Å². The van der Waals surface area contributed by atoms with Crippen LogP contribution < -0.4 is 11.5 Å². The van der Waals surface area contributed by atoms with Crippen LogP contribution in [0.4, 0.5) is 34.6 Å². The molecule has 24 nitrogen and oxygen atoms in total. The standard InChI is InChI=1S/C34H38N20O4S2/c1-6-8-10-21-26(43-45-30-19(23(56)15-55)13-39-53(30)33-47-41-17(3)59-33)28(35)51(49-21)24-12-25(38-16-37-24)52-29(36)27(22(50-52)11-9-7-2)44-46-31-20(32(57)58-5)14-40-54(31)34-48-42-18(4)60-34/h12-14,16,55H,6-11,15,35-36H2,1-5H3. The fraction of sp³-hybridized carbons (Fsp3) is 0.353. The van der Waals surface area contributed by atoms with Crippen molar-refractivity contribution < 1.29 is 19.4 Å². The molecule has 0 atom stereocenters. The van der Waals surface area contributed by atoms with Crippen LogP contribution in [-0.4, -0.2) is 100 Å². The van der Waals surface area contributed by atoms with E-state index < -0.39 is 18.4 Å². The van der Waals surface area contributed by atoms with Gasteiger partial charge in [0.1, 0.15) is 28.5 Å². The highest BCUT2D eigenvalue weighted by atomic mass is 32.1. The number of unbranched alkanes of at least 4 members (excludes halogenated alkanes) is 2. The van der Waals surface area contributed by atoms with Gasteiger partial charge in [-0.25, -0.2) is 14.8 Å². The molecule has 0 radical (unpaired) electrons. The number of ether oxygens (including phenoxy) is 1. The Bertz CT molecular complexity index is 2560. The molecular weight excluding hydrogens is 817 g/mol. The molecule has 0 unspecified atom stereocenters. The molecule has 0 aliphatic carbocycles. The van der Waals surface area contributed by atoms with Gasteiger partial charge in [-0.05, 0) is 39.5 Å². The summed E-state index contributed by atoms with van der Waals surface area (Å²) in [5.74, 6) is -0.463. The first kappa shape index (κ1) is 41.1. The fourth-order valence-corrected chi connectivity index (χ4v) is 7.03. The van der Waals surface area contributed by atoms with Crippen molar-refractivity contribution in [3.8, 4) is 21.9 Å². The molecular formula is C34H38N20O4S2. The number of nitrogens with two attached hydrogens (primary N) is 2. The van der Waals surface area contributed by atoms with Crippen LogP contribution in [-0.2, 0) is 17.6 Å². The third kappa shape index (κ3) is 8.14. The van der Waals surface area contributed by atoms with E-state index in [-0.39, 0.29) is 57.4 Å². The summed E-state index contributed by atoms with van der Waals surface area (Å²) in [5.41, 5.74) is 15.1. The number of hydrogen-bond acceptors (Lipinski definition) is 22. The summed E-state index contributed by atoms with van der Waals surface area (Å²) in [7, 11) is 1.25. The number of carbonyl (C=O) groups excluding carboxylic acids is 2. The Labute approximate surface area is 348 Å². The molecule has 0 amide bonds. The Balaban J connectivity index is 1.28. The molecule has 0 saturated heterocycles. The predicted octanol–water partition coefficient (Wildman–Crippen LogP) is 5.18. The Kier molecular flexibility index (Phi) is 12.2. The van der Waals surface area contributed by atoms with Crippen LogP contribution >= 0.6 is 22.7 Å². The highest BCUT2D eigenvalue weighted by Gasteiger charge is 2.25. The monoisotopic (exact) mass is 854 g/mol. The normalized spacial score (nSPS) is 11.8.